The van der Waals surface area contributed by atoms with Crippen molar-refractivity contribution in [2.24, 2.45) is 11.7 Å². The third-order valence-corrected chi connectivity index (χ3v) is 6.66. The quantitative estimate of drug-likeness (QED) is 0.519. The molecular weight excluding hydrogens is 450 g/mol. The lowest BCUT2D eigenvalue weighted by Gasteiger charge is -2.32. The number of carbonyl (C=O) groups is 4. The summed E-state index contributed by atoms with van der Waals surface area (Å²) in [5.41, 5.74) is 6.25. The Morgan fingerprint density at radius 3 is 2.29 bits per heavy atom. The maximum Gasteiger partial charge on any atom is 0.325 e. The number of imide groups is 1. The third-order valence-electron chi connectivity index (χ3n) is 6.66. The molecule has 2 heterocycles. The fourth-order valence-electron chi connectivity index (χ4n) is 4.48. The largest absolute Gasteiger partial charge is 0.497 e. The molecule has 4 rings (SSSR count). The molecule has 5 amide bonds. The minimum Gasteiger partial charge on any atom is -0.497 e. The summed E-state index contributed by atoms with van der Waals surface area (Å²) >= 11 is 0. The normalized spacial score (nSPS) is 20.5. The van der Waals surface area contributed by atoms with Gasteiger partial charge in [-0.15, -0.1) is 0 Å². The van der Waals surface area contributed by atoms with Crippen LogP contribution >= 0.6 is 0 Å². The number of rotatable bonds is 7. The van der Waals surface area contributed by atoms with Gasteiger partial charge in [0.25, 0.3) is 5.91 Å². The van der Waals surface area contributed by atoms with Gasteiger partial charge in [0, 0.05) is 30.4 Å². The molecule has 0 bridgehead atoms. The van der Waals surface area contributed by atoms with Gasteiger partial charge in [0.2, 0.25) is 11.8 Å². The molecule has 184 valence electrons. The number of carbonyl (C=O) groups excluding carboxylic acids is 4. The third kappa shape index (κ3) is 4.91. The Morgan fingerprint density at radius 1 is 1.09 bits per heavy atom. The molecule has 10 heteroatoms. The Morgan fingerprint density at radius 2 is 1.71 bits per heavy atom. The van der Waals surface area contributed by atoms with Gasteiger partial charge in [-0.25, -0.2) is 4.79 Å². The standard InChI is InChI=1S/C25H29N5O5/c1-25(17-3-9-20(35-2)10-4-17)23(33)30(24(34)28-25)15-21(31)27-18-5-7-19(8-6-18)29-13-11-16(12-14-29)22(26)32/h3-10,16H,11-15H2,1-2H3,(H2,26,32)(H,27,31)(H,28,34). The van der Waals surface area contributed by atoms with E-state index in [0.29, 0.717) is 17.0 Å². The number of hydrogen-bond acceptors (Lipinski definition) is 6. The maximum atomic E-state index is 13.1. The average molecular weight is 480 g/mol. The second kappa shape index (κ2) is 9.65. The number of nitrogens with zero attached hydrogens (tertiary/aromatic N) is 2. The van der Waals surface area contributed by atoms with E-state index < -0.39 is 29.9 Å². The zero-order valence-electron chi connectivity index (χ0n) is 19.7. The van der Waals surface area contributed by atoms with Crippen molar-refractivity contribution in [2.75, 3.05) is 37.0 Å². The first-order valence-electron chi connectivity index (χ1n) is 11.4. The average Bonchev–Trinajstić information content (AvgIpc) is 3.08. The summed E-state index contributed by atoms with van der Waals surface area (Å²) in [6, 6.07) is 13.5. The highest BCUT2D eigenvalue weighted by Gasteiger charge is 2.49. The Balaban J connectivity index is 1.35. The number of urea groups is 1. The topological polar surface area (TPSA) is 134 Å². The van der Waals surface area contributed by atoms with Crippen LogP contribution in [-0.2, 0) is 19.9 Å². The number of methoxy groups -OCH3 is 1. The molecule has 2 aromatic rings. The Kier molecular flexibility index (Phi) is 6.63. The first-order valence-corrected chi connectivity index (χ1v) is 11.4. The zero-order valence-corrected chi connectivity index (χ0v) is 19.7. The lowest BCUT2D eigenvalue weighted by atomic mass is 9.92. The first-order chi connectivity index (χ1) is 16.7. The van der Waals surface area contributed by atoms with Gasteiger partial charge in [0.05, 0.1) is 7.11 Å². The molecule has 2 aliphatic heterocycles. The van der Waals surface area contributed by atoms with Crippen LogP contribution in [0.1, 0.15) is 25.3 Å². The van der Waals surface area contributed by atoms with Crippen molar-refractivity contribution in [3.8, 4) is 5.75 Å². The lowest BCUT2D eigenvalue weighted by molar-refractivity contribution is -0.133. The van der Waals surface area contributed by atoms with Crippen molar-refractivity contribution in [1.29, 1.82) is 0 Å². The number of ether oxygens (including phenoxy) is 1. The van der Waals surface area contributed by atoms with E-state index in [1.54, 1.807) is 50.4 Å². The number of hydrogen-bond donors (Lipinski definition) is 3. The first kappa shape index (κ1) is 24.1. The van der Waals surface area contributed by atoms with E-state index in [4.69, 9.17) is 10.5 Å². The van der Waals surface area contributed by atoms with Gasteiger partial charge in [-0.1, -0.05) is 12.1 Å². The Labute approximate surface area is 203 Å². The van der Waals surface area contributed by atoms with E-state index >= 15 is 0 Å². The Bertz CT molecular complexity index is 1130. The van der Waals surface area contributed by atoms with Crippen LogP contribution in [0, 0.1) is 5.92 Å². The fourth-order valence-corrected chi connectivity index (χ4v) is 4.48. The highest BCUT2D eigenvalue weighted by atomic mass is 16.5. The second-order valence-corrected chi connectivity index (χ2v) is 8.93. The molecule has 0 saturated carbocycles. The van der Waals surface area contributed by atoms with Crippen molar-refractivity contribution >= 4 is 35.1 Å². The number of nitrogens with one attached hydrogen (secondary N) is 2. The molecule has 4 N–H and O–H groups in total. The van der Waals surface area contributed by atoms with Crippen LogP contribution in [0.4, 0.5) is 16.2 Å². The summed E-state index contributed by atoms with van der Waals surface area (Å²) in [6.07, 6.45) is 1.43. The van der Waals surface area contributed by atoms with Crippen LogP contribution in [0.2, 0.25) is 0 Å². The van der Waals surface area contributed by atoms with Crippen LogP contribution in [-0.4, -0.2) is 55.4 Å². The van der Waals surface area contributed by atoms with Crippen LogP contribution in [0.25, 0.3) is 0 Å². The summed E-state index contributed by atoms with van der Waals surface area (Å²) in [4.78, 5) is 52.6. The summed E-state index contributed by atoms with van der Waals surface area (Å²) in [6.45, 7) is 2.67. The van der Waals surface area contributed by atoms with E-state index in [1.807, 2.05) is 12.1 Å². The molecular formula is C25H29N5O5. The van der Waals surface area contributed by atoms with Crippen LogP contribution < -0.4 is 26.0 Å². The van der Waals surface area contributed by atoms with Gasteiger partial charge < -0.3 is 26.0 Å². The number of piperidine rings is 1. The van der Waals surface area contributed by atoms with Crippen molar-refractivity contribution < 1.29 is 23.9 Å². The predicted octanol–water partition coefficient (Wildman–Crippen LogP) is 1.80. The van der Waals surface area contributed by atoms with Gasteiger partial charge in [-0.3, -0.25) is 19.3 Å². The van der Waals surface area contributed by atoms with Gasteiger partial charge in [0.1, 0.15) is 17.8 Å². The summed E-state index contributed by atoms with van der Waals surface area (Å²) in [5.74, 6) is -0.689. The summed E-state index contributed by atoms with van der Waals surface area (Å²) in [7, 11) is 1.54. The SMILES string of the molecule is COc1ccc(C2(C)NC(=O)N(CC(=O)Nc3ccc(N4CCC(C(N)=O)CC4)cc3)C2=O)cc1. The van der Waals surface area contributed by atoms with Crippen LogP contribution in [0.15, 0.2) is 48.5 Å². The van der Waals surface area contributed by atoms with E-state index in [9.17, 15) is 19.2 Å². The van der Waals surface area contributed by atoms with Crippen molar-refractivity contribution in [3.05, 3.63) is 54.1 Å². The van der Waals surface area contributed by atoms with Crippen LogP contribution in [0.3, 0.4) is 0 Å². The van der Waals surface area contributed by atoms with E-state index in [1.165, 1.54) is 0 Å². The fraction of sp³-hybridized carbons (Fsp3) is 0.360. The number of nitrogens with two attached hydrogens (primary N) is 1. The maximum absolute atomic E-state index is 13.1. The monoisotopic (exact) mass is 479 g/mol. The van der Waals surface area contributed by atoms with Crippen molar-refractivity contribution in [1.82, 2.24) is 10.2 Å². The Hall–Kier alpha value is -4.08. The number of benzene rings is 2. The molecule has 0 aromatic heterocycles. The van der Waals surface area contributed by atoms with E-state index in [0.717, 1.165) is 36.5 Å². The highest BCUT2D eigenvalue weighted by molar-refractivity contribution is 6.10. The lowest BCUT2D eigenvalue weighted by Crippen LogP contribution is -2.42. The van der Waals surface area contributed by atoms with E-state index in [2.05, 4.69) is 15.5 Å². The number of primary amides is 1. The molecule has 2 fully saturated rings. The molecule has 1 unspecified atom stereocenters. The molecule has 0 radical (unpaired) electrons. The summed E-state index contributed by atoms with van der Waals surface area (Å²) in [5, 5.41) is 5.42. The molecule has 2 aromatic carbocycles. The van der Waals surface area contributed by atoms with E-state index in [-0.39, 0.29) is 11.8 Å². The van der Waals surface area contributed by atoms with Gasteiger partial charge in [-0.05, 0) is 61.7 Å². The molecule has 35 heavy (non-hydrogen) atoms. The highest BCUT2D eigenvalue weighted by Crippen LogP contribution is 2.30. The predicted molar refractivity (Wildman–Crippen MR) is 130 cm³/mol. The van der Waals surface area contributed by atoms with Crippen LogP contribution in [0.5, 0.6) is 5.75 Å². The van der Waals surface area contributed by atoms with Gasteiger partial charge in [-0.2, -0.15) is 0 Å². The summed E-state index contributed by atoms with van der Waals surface area (Å²) < 4.78 is 5.14. The molecule has 1 atom stereocenters. The molecule has 2 saturated heterocycles. The number of anilines is 2. The van der Waals surface area contributed by atoms with Crippen molar-refractivity contribution in [2.45, 2.75) is 25.3 Å². The minimum absolute atomic E-state index is 0.0816. The van der Waals surface area contributed by atoms with Crippen molar-refractivity contribution in [3.63, 3.8) is 0 Å². The van der Waals surface area contributed by atoms with Gasteiger partial charge >= 0.3 is 6.03 Å². The number of amides is 5. The minimum atomic E-state index is -1.27. The molecule has 2 aliphatic rings. The molecule has 0 spiro atoms. The van der Waals surface area contributed by atoms with Gasteiger partial charge in [0.15, 0.2) is 0 Å². The molecule has 0 aliphatic carbocycles. The smallest absolute Gasteiger partial charge is 0.325 e. The second-order valence-electron chi connectivity index (χ2n) is 8.93. The zero-order chi connectivity index (χ0) is 25.2. The molecule has 10 nitrogen and oxygen atoms in total.